The van der Waals surface area contributed by atoms with E-state index in [1.807, 2.05) is 0 Å². The van der Waals surface area contributed by atoms with E-state index in [1.165, 1.54) is 31.4 Å². The number of Topliss-reactive ketones (excluding diaryl/α,β-unsaturated/α-hetero) is 1. The van der Waals surface area contributed by atoms with Crippen LogP contribution < -0.4 is 0 Å². The van der Waals surface area contributed by atoms with E-state index < -0.39 is 0 Å². The molecule has 3 fully saturated rings. The van der Waals surface area contributed by atoms with Crippen molar-refractivity contribution in [2.75, 3.05) is 0 Å². The zero-order chi connectivity index (χ0) is 19.6. The average molecular weight is 372 g/mol. The number of carbonyl (C=O) groups is 2. The van der Waals surface area contributed by atoms with Gasteiger partial charge < -0.3 is 0 Å². The number of fused-ring (bicyclic) bond motifs is 5. The zero-order valence-corrected chi connectivity index (χ0v) is 17.9. The molecule has 0 bridgehead atoms. The molecule has 4 aliphatic rings. The molecule has 0 N–H and O–H groups in total. The molecular formula is C24H37NO2. The van der Waals surface area contributed by atoms with E-state index >= 15 is 0 Å². The van der Waals surface area contributed by atoms with Crippen molar-refractivity contribution in [2.24, 2.45) is 44.9 Å². The van der Waals surface area contributed by atoms with Crippen molar-refractivity contribution in [3.8, 4) is 0 Å². The van der Waals surface area contributed by atoms with Gasteiger partial charge in [-0.15, -0.1) is 0 Å². The number of nitrogens with zero attached hydrogens (tertiary/aromatic N) is 1. The molecule has 1 amide bonds. The molecule has 3 heteroatoms. The minimum Gasteiger partial charge on any atom is -0.299 e. The first-order valence-corrected chi connectivity index (χ1v) is 11.3. The van der Waals surface area contributed by atoms with Crippen LogP contribution in [0.3, 0.4) is 0 Å². The highest BCUT2D eigenvalue weighted by Gasteiger charge is 2.61. The third-order valence-electron chi connectivity index (χ3n) is 9.61. The van der Waals surface area contributed by atoms with Crippen LogP contribution in [0.1, 0.15) is 92.4 Å². The Morgan fingerprint density at radius 2 is 1.81 bits per heavy atom. The Kier molecular flexibility index (Phi) is 4.48. The number of rotatable bonds is 3. The highest BCUT2D eigenvalue weighted by molar-refractivity contribution is 6.02. The van der Waals surface area contributed by atoms with Gasteiger partial charge in [-0.25, -0.2) is 4.99 Å². The second-order valence-electron chi connectivity index (χ2n) is 11.1. The molecule has 6 atom stereocenters. The van der Waals surface area contributed by atoms with E-state index in [2.05, 4.69) is 39.6 Å². The molecule has 4 rings (SSSR count). The van der Waals surface area contributed by atoms with Gasteiger partial charge in [0, 0.05) is 28.9 Å². The SMILES string of the molecule is CCC(C)(C)C(=O)C1CC[C@H]2[C@@H]3CCC4=NC(=O)CC[C@]4(C)[C@@H]3CC[C@]12C. The third kappa shape index (κ3) is 2.70. The summed E-state index contributed by atoms with van der Waals surface area (Å²) in [6.45, 7) is 11.2. The van der Waals surface area contributed by atoms with Gasteiger partial charge in [-0.3, -0.25) is 9.59 Å². The van der Waals surface area contributed by atoms with Gasteiger partial charge in [-0.05, 0) is 74.5 Å². The molecular weight excluding hydrogens is 334 g/mol. The van der Waals surface area contributed by atoms with Crippen molar-refractivity contribution in [3.63, 3.8) is 0 Å². The minimum atomic E-state index is -0.193. The van der Waals surface area contributed by atoms with Crippen molar-refractivity contribution >= 4 is 17.4 Å². The first-order chi connectivity index (χ1) is 12.6. The van der Waals surface area contributed by atoms with Gasteiger partial charge in [0.1, 0.15) is 5.78 Å². The van der Waals surface area contributed by atoms with Crippen molar-refractivity contribution < 1.29 is 9.59 Å². The van der Waals surface area contributed by atoms with Crippen LogP contribution in [0.15, 0.2) is 4.99 Å². The molecule has 27 heavy (non-hydrogen) atoms. The number of hydrogen-bond acceptors (Lipinski definition) is 2. The van der Waals surface area contributed by atoms with Gasteiger partial charge in [0.2, 0.25) is 5.91 Å². The summed E-state index contributed by atoms with van der Waals surface area (Å²) in [6.07, 6.45) is 9.39. The van der Waals surface area contributed by atoms with Crippen molar-refractivity contribution in [3.05, 3.63) is 0 Å². The molecule has 150 valence electrons. The number of aliphatic imine (C=N–C) groups is 1. The fourth-order valence-corrected chi connectivity index (χ4v) is 7.45. The molecule has 3 saturated carbocycles. The van der Waals surface area contributed by atoms with E-state index in [1.54, 1.807) is 0 Å². The van der Waals surface area contributed by atoms with Gasteiger partial charge in [-0.1, -0.05) is 34.6 Å². The van der Waals surface area contributed by atoms with E-state index in [9.17, 15) is 9.59 Å². The normalized spacial score (nSPS) is 44.2. The Hall–Kier alpha value is -0.990. The van der Waals surface area contributed by atoms with Crippen LogP contribution in [0.2, 0.25) is 0 Å². The lowest BCUT2D eigenvalue weighted by atomic mass is 9.47. The highest BCUT2D eigenvalue weighted by atomic mass is 16.1. The van der Waals surface area contributed by atoms with Gasteiger partial charge >= 0.3 is 0 Å². The van der Waals surface area contributed by atoms with Crippen LogP contribution in [0, 0.1) is 39.9 Å². The van der Waals surface area contributed by atoms with Crippen LogP contribution in [0.4, 0.5) is 0 Å². The van der Waals surface area contributed by atoms with Crippen LogP contribution in [0.25, 0.3) is 0 Å². The van der Waals surface area contributed by atoms with Gasteiger partial charge in [0.25, 0.3) is 0 Å². The molecule has 0 aromatic carbocycles. The molecule has 1 unspecified atom stereocenters. The van der Waals surface area contributed by atoms with Crippen molar-refractivity contribution in [1.29, 1.82) is 0 Å². The smallest absolute Gasteiger partial charge is 0.245 e. The van der Waals surface area contributed by atoms with Crippen LogP contribution in [-0.4, -0.2) is 17.4 Å². The molecule has 1 heterocycles. The monoisotopic (exact) mass is 371 g/mol. The second-order valence-corrected chi connectivity index (χ2v) is 11.1. The summed E-state index contributed by atoms with van der Waals surface area (Å²) in [5.41, 5.74) is 1.31. The molecule has 1 aliphatic heterocycles. The standard InChI is InChI=1S/C24H37NO2/c1-6-22(2,3)21(27)18-9-8-16-15-7-10-19-24(5,14-12-20(26)25-19)17(15)11-13-23(16,18)4/h15-18H,6-14H2,1-5H3/t15-,16-,17+,18?,23-,24+/m0/s1. The van der Waals surface area contributed by atoms with Crippen LogP contribution >= 0.6 is 0 Å². The summed E-state index contributed by atoms with van der Waals surface area (Å²) < 4.78 is 0. The second kappa shape index (κ2) is 6.26. The summed E-state index contributed by atoms with van der Waals surface area (Å²) >= 11 is 0. The summed E-state index contributed by atoms with van der Waals surface area (Å²) in [5.74, 6) is 2.89. The molecule has 0 radical (unpaired) electrons. The first kappa shape index (κ1) is 19.3. The number of carbonyl (C=O) groups excluding carboxylic acids is 2. The van der Waals surface area contributed by atoms with E-state index in [0.29, 0.717) is 30.0 Å². The Morgan fingerprint density at radius 1 is 1.07 bits per heavy atom. The van der Waals surface area contributed by atoms with E-state index in [0.717, 1.165) is 25.7 Å². The number of ketones is 1. The van der Waals surface area contributed by atoms with Crippen LogP contribution in [0.5, 0.6) is 0 Å². The summed E-state index contributed by atoms with van der Waals surface area (Å²) in [6, 6.07) is 0. The van der Waals surface area contributed by atoms with Crippen molar-refractivity contribution in [2.45, 2.75) is 92.4 Å². The Balaban J connectivity index is 1.62. The van der Waals surface area contributed by atoms with Crippen molar-refractivity contribution in [1.82, 2.24) is 0 Å². The maximum atomic E-state index is 13.4. The molecule has 3 nitrogen and oxygen atoms in total. The van der Waals surface area contributed by atoms with Crippen LogP contribution in [-0.2, 0) is 9.59 Å². The third-order valence-corrected chi connectivity index (χ3v) is 9.61. The first-order valence-electron chi connectivity index (χ1n) is 11.3. The fraction of sp³-hybridized carbons (Fsp3) is 0.875. The lowest BCUT2D eigenvalue weighted by molar-refractivity contribution is -0.138. The van der Waals surface area contributed by atoms with Gasteiger partial charge in [-0.2, -0.15) is 0 Å². The Labute approximate surface area is 164 Å². The number of amides is 1. The molecule has 0 saturated heterocycles. The predicted molar refractivity (Wildman–Crippen MR) is 109 cm³/mol. The maximum Gasteiger partial charge on any atom is 0.245 e. The topological polar surface area (TPSA) is 46.5 Å². The van der Waals surface area contributed by atoms with E-state index in [4.69, 9.17) is 0 Å². The quantitative estimate of drug-likeness (QED) is 0.647. The van der Waals surface area contributed by atoms with Gasteiger partial charge in [0.15, 0.2) is 0 Å². The maximum absolute atomic E-state index is 13.4. The van der Waals surface area contributed by atoms with Gasteiger partial charge in [0.05, 0.1) is 0 Å². The Morgan fingerprint density at radius 3 is 2.52 bits per heavy atom. The molecule has 0 aromatic rings. The summed E-state index contributed by atoms with van der Waals surface area (Å²) in [4.78, 5) is 29.7. The predicted octanol–water partition coefficient (Wildman–Crippen LogP) is 5.61. The summed E-state index contributed by atoms with van der Waals surface area (Å²) in [7, 11) is 0. The molecule has 3 aliphatic carbocycles. The fourth-order valence-electron chi connectivity index (χ4n) is 7.45. The Bertz CT molecular complexity index is 692. The number of hydrogen-bond donors (Lipinski definition) is 0. The summed E-state index contributed by atoms with van der Waals surface area (Å²) in [5, 5.41) is 0. The lowest BCUT2D eigenvalue weighted by Crippen LogP contribution is -2.54. The average Bonchev–Trinajstić information content (AvgIpc) is 2.98. The minimum absolute atomic E-state index is 0.0925. The molecule has 0 spiro atoms. The lowest BCUT2D eigenvalue weighted by Gasteiger charge is -2.57. The molecule has 0 aromatic heterocycles. The van der Waals surface area contributed by atoms with E-state index in [-0.39, 0.29) is 28.1 Å². The highest BCUT2D eigenvalue weighted by Crippen LogP contribution is 2.65. The zero-order valence-electron chi connectivity index (χ0n) is 17.9. The largest absolute Gasteiger partial charge is 0.299 e.